The monoisotopic (exact) mass is 1060 g/mol. The molecule has 0 saturated carbocycles. The summed E-state index contributed by atoms with van der Waals surface area (Å²) in [6, 6.07) is 32.1. The van der Waals surface area contributed by atoms with E-state index in [1.165, 1.54) is 16.7 Å². The van der Waals surface area contributed by atoms with Gasteiger partial charge in [-0.05, 0) is 130 Å². The zero-order valence-electron chi connectivity index (χ0n) is 43.5. The zero-order valence-corrected chi connectivity index (χ0v) is 44.3. The van der Waals surface area contributed by atoms with Crippen molar-refractivity contribution in [2.45, 2.75) is 93.6 Å². The SMILES string of the molecule is CC1(NC(=O)OC(C)(C)C)CCN(c2cnc(Sc3cccc(NC(=O)c4ccc(-c5ccc(N6CCN(c7ccc(C(=O)NCc8ccc9c(c8)CN(C8CCC(=O)NC8=O)C9=O)nc7)CC6)cc5)cc4)c3)cn2)CC1. The topological polar surface area (TPSA) is 211 Å². The lowest BCUT2D eigenvalue weighted by Crippen LogP contribution is -2.54. The summed E-state index contributed by atoms with van der Waals surface area (Å²) in [6.07, 6.45) is 6.87. The van der Waals surface area contributed by atoms with Crippen LogP contribution in [0, 0.1) is 0 Å². The number of hydrogen-bond acceptors (Lipinski definition) is 14. The van der Waals surface area contributed by atoms with Crippen molar-refractivity contribution in [1.82, 2.24) is 35.8 Å². The number of pyridine rings is 1. The van der Waals surface area contributed by atoms with Crippen LogP contribution in [-0.2, 0) is 27.4 Å². The number of hydrogen-bond donors (Lipinski definition) is 4. The van der Waals surface area contributed by atoms with Gasteiger partial charge in [0, 0.05) is 91.7 Å². The van der Waals surface area contributed by atoms with E-state index in [0.29, 0.717) is 28.9 Å². The number of alkyl carbamates (subject to hydrolysis) is 1. The van der Waals surface area contributed by atoms with Gasteiger partial charge in [0.2, 0.25) is 11.8 Å². The third-order valence-corrected chi connectivity index (χ3v) is 15.2. The van der Waals surface area contributed by atoms with Gasteiger partial charge in [-0.2, -0.15) is 0 Å². The van der Waals surface area contributed by atoms with Crippen molar-refractivity contribution in [2.75, 3.05) is 59.3 Å². The van der Waals surface area contributed by atoms with E-state index in [1.807, 2.05) is 88.4 Å². The summed E-state index contributed by atoms with van der Waals surface area (Å²) in [4.78, 5) is 99.0. The highest BCUT2D eigenvalue weighted by Gasteiger charge is 2.39. The van der Waals surface area contributed by atoms with Crippen molar-refractivity contribution >= 4 is 70.3 Å². The molecule has 0 radical (unpaired) electrons. The summed E-state index contributed by atoms with van der Waals surface area (Å²) in [5.74, 6) is -0.749. The minimum atomic E-state index is -0.682. The number of rotatable bonds is 13. The summed E-state index contributed by atoms with van der Waals surface area (Å²) >= 11 is 1.47. The van der Waals surface area contributed by atoms with Crippen LogP contribution >= 0.6 is 11.8 Å². The van der Waals surface area contributed by atoms with Gasteiger partial charge in [0.25, 0.3) is 17.7 Å². The molecule has 3 fully saturated rings. The van der Waals surface area contributed by atoms with Crippen LogP contribution < -0.4 is 36.0 Å². The van der Waals surface area contributed by atoms with Gasteiger partial charge in [0.1, 0.15) is 28.2 Å². The molecule has 396 valence electrons. The minimum Gasteiger partial charge on any atom is -0.444 e. The largest absolute Gasteiger partial charge is 0.444 e. The van der Waals surface area contributed by atoms with Crippen molar-refractivity contribution in [3.05, 3.63) is 150 Å². The number of nitrogens with zero attached hydrogens (tertiary/aromatic N) is 7. The Hall–Kier alpha value is -8.32. The normalized spacial score (nSPS) is 17.4. The van der Waals surface area contributed by atoms with Crippen molar-refractivity contribution in [2.24, 2.45) is 0 Å². The van der Waals surface area contributed by atoms with E-state index >= 15 is 0 Å². The third kappa shape index (κ3) is 12.5. The van der Waals surface area contributed by atoms with Gasteiger partial charge < -0.3 is 40.3 Å². The first-order valence-electron chi connectivity index (χ1n) is 25.9. The third-order valence-electron chi connectivity index (χ3n) is 14.3. The maximum absolute atomic E-state index is 13.4. The summed E-state index contributed by atoms with van der Waals surface area (Å²) < 4.78 is 5.47. The summed E-state index contributed by atoms with van der Waals surface area (Å²) in [5.41, 5.74) is 6.84. The molecule has 6 heterocycles. The minimum absolute atomic E-state index is 0.193. The van der Waals surface area contributed by atoms with Crippen LogP contribution in [0.2, 0.25) is 0 Å². The molecule has 1 unspecified atom stereocenters. The maximum Gasteiger partial charge on any atom is 0.408 e. The van der Waals surface area contributed by atoms with E-state index in [0.717, 1.165) is 101 Å². The number of nitrogens with one attached hydrogen (secondary N) is 4. The van der Waals surface area contributed by atoms with E-state index in [4.69, 9.17) is 9.72 Å². The highest BCUT2D eigenvalue weighted by molar-refractivity contribution is 7.99. The first-order chi connectivity index (χ1) is 37.0. The standard InChI is InChI=1S/C58H61N11O7S/c1-57(2,3)76-56(75)65-58(4)22-24-68(25-23-58)49-34-61-51(35-60-49)77-45-7-5-6-42(31-45)63-52(71)40-11-9-38(10-12-40)39-13-15-43(16-14-39)66-26-28-67(29-27-66)44-17-19-47(59-33-44)53(72)62-32-37-8-18-46-41(30-37)36-69(55(46)74)48-20-21-50(70)64-54(48)73/h5-19,30-31,33-35,48H,20-29,32,36H2,1-4H3,(H,62,72)(H,63,71)(H,65,75)(H,64,70,73). The molecule has 4 N–H and O–H groups in total. The summed E-state index contributed by atoms with van der Waals surface area (Å²) in [7, 11) is 0. The van der Waals surface area contributed by atoms with Crippen molar-refractivity contribution < 1.29 is 33.5 Å². The highest BCUT2D eigenvalue weighted by Crippen LogP contribution is 2.32. The predicted octanol–water partition coefficient (Wildman–Crippen LogP) is 7.84. The molecule has 0 spiro atoms. The fourth-order valence-electron chi connectivity index (χ4n) is 10.0. The van der Waals surface area contributed by atoms with E-state index < -0.39 is 23.6 Å². The number of ether oxygens (including phenoxy) is 1. The second-order valence-corrected chi connectivity index (χ2v) is 22.1. The number of piperidine rings is 2. The van der Waals surface area contributed by atoms with Crippen molar-refractivity contribution in [3.63, 3.8) is 0 Å². The average molecular weight is 1060 g/mol. The van der Waals surface area contributed by atoms with Crippen LogP contribution in [0.3, 0.4) is 0 Å². The predicted molar refractivity (Wildman–Crippen MR) is 294 cm³/mol. The number of carbonyl (C=O) groups excluding carboxylic acids is 6. The van der Waals surface area contributed by atoms with Crippen LogP contribution in [-0.4, -0.2) is 112 Å². The number of fused-ring (bicyclic) bond motifs is 1. The Kier molecular flexibility index (Phi) is 15.0. The number of imide groups is 1. The van der Waals surface area contributed by atoms with E-state index in [1.54, 1.807) is 36.8 Å². The fourth-order valence-corrected chi connectivity index (χ4v) is 10.8. The lowest BCUT2D eigenvalue weighted by Gasteiger charge is -2.40. The molecule has 0 bridgehead atoms. The van der Waals surface area contributed by atoms with Gasteiger partial charge in [-0.1, -0.05) is 54.2 Å². The molecule has 2 aromatic heterocycles. The number of piperazine rings is 1. The molecule has 19 heteroatoms. The van der Waals surface area contributed by atoms with Crippen molar-refractivity contribution in [3.8, 4) is 11.1 Å². The molecule has 4 aromatic carbocycles. The molecule has 0 aliphatic carbocycles. The van der Waals surface area contributed by atoms with Crippen LogP contribution in [0.25, 0.3) is 11.1 Å². The number of anilines is 4. The van der Waals surface area contributed by atoms with Gasteiger partial charge in [-0.25, -0.2) is 19.7 Å². The molecule has 4 aliphatic heterocycles. The van der Waals surface area contributed by atoms with Gasteiger partial charge in [-0.15, -0.1) is 0 Å². The zero-order chi connectivity index (χ0) is 53.8. The van der Waals surface area contributed by atoms with Crippen molar-refractivity contribution in [1.29, 1.82) is 0 Å². The summed E-state index contributed by atoms with van der Waals surface area (Å²) in [5, 5.41) is 12.1. The maximum atomic E-state index is 13.4. The molecule has 1 atom stereocenters. The molecule has 18 nitrogen and oxygen atoms in total. The van der Waals surface area contributed by atoms with Gasteiger partial charge in [0.15, 0.2) is 0 Å². The molecular formula is C58H61N11O7S. The fraction of sp³-hybridized carbons (Fsp3) is 0.328. The lowest BCUT2D eigenvalue weighted by molar-refractivity contribution is -0.136. The Labute approximate surface area is 451 Å². The Balaban J connectivity index is 0.652. The quantitative estimate of drug-likeness (QED) is 0.0813. The molecule has 3 saturated heterocycles. The van der Waals surface area contributed by atoms with Crippen LogP contribution in [0.1, 0.15) is 95.7 Å². The molecule has 10 rings (SSSR count). The number of aromatic nitrogens is 3. The number of benzene rings is 4. The molecule has 6 amide bonds. The first kappa shape index (κ1) is 52.1. The first-order valence-corrected chi connectivity index (χ1v) is 26.7. The molecule has 6 aromatic rings. The smallest absolute Gasteiger partial charge is 0.408 e. The summed E-state index contributed by atoms with van der Waals surface area (Å²) in [6.45, 7) is 12.8. The van der Waals surface area contributed by atoms with Gasteiger partial charge in [0.05, 0.1) is 24.3 Å². The van der Waals surface area contributed by atoms with Gasteiger partial charge >= 0.3 is 6.09 Å². The second-order valence-electron chi connectivity index (χ2n) is 21.0. The lowest BCUT2D eigenvalue weighted by atomic mass is 9.90. The van der Waals surface area contributed by atoms with E-state index in [9.17, 15) is 28.8 Å². The van der Waals surface area contributed by atoms with Crippen LogP contribution in [0.4, 0.5) is 27.7 Å². The highest BCUT2D eigenvalue weighted by atomic mass is 32.2. The Morgan fingerprint density at radius 1 is 0.753 bits per heavy atom. The molecule has 77 heavy (non-hydrogen) atoms. The number of amides is 6. The van der Waals surface area contributed by atoms with Crippen LogP contribution in [0.15, 0.2) is 132 Å². The Bertz CT molecular complexity index is 3190. The molecular weight excluding hydrogens is 995 g/mol. The second kappa shape index (κ2) is 22.1. The number of carbonyl (C=O) groups is 6. The Morgan fingerprint density at radius 2 is 1.45 bits per heavy atom. The molecule has 4 aliphatic rings. The Morgan fingerprint density at radius 3 is 2.12 bits per heavy atom. The van der Waals surface area contributed by atoms with Gasteiger partial charge in [-0.3, -0.25) is 29.3 Å². The van der Waals surface area contributed by atoms with E-state index in [2.05, 4.69) is 70.2 Å². The van der Waals surface area contributed by atoms with E-state index in [-0.39, 0.29) is 48.7 Å². The van der Waals surface area contributed by atoms with Crippen LogP contribution in [0.5, 0.6) is 0 Å². The average Bonchev–Trinajstić information content (AvgIpc) is 3.78.